The standard InChI is InChI=1S/C11H11NO2/c1-3-9-6-11(14)5-4-10(9)7-12-8(2)13/h1,4-6,14H,7H2,2H3,(H,12,13). The van der Waals surface area contributed by atoms with Gasteiger partial charge in [0.2, 0.25) is 5.91 Å². The highest BCUT2D eigenvalue weighted by Crippen LogP contribution is 2.15. The van der Waals surface area contributed by atoms with Crippen LogP contribution >= 0.6 is 0 Å². The first kappa shape index (κ1) is 10.1. The minimum absolute atomic E-state index is 0.110. The smallest absolute Gasteiger partial charge is 0.217 e. The number of benzene rings is 1. The molecule has 0 bridgehead atoms. The van der Waals surface area contributed by atoms with Crippen LogP contribution < -0.4 is 5.32 Å². The van der Waals surface area contributed by atoms with Crippen molar-refractivity contribution in [3.8, 4) is 18.1 Å². The third-order valence-electron chi connectivity index (χ3n) is 1.78. The zero-order chi connectivity index (χ0) is 10.6. The molecule has 0 spiro atoms. The predicted octanol–water partition coefficient (Wildman–Crippen LogP) is 1.01. The lowest BCUT2D eigenvalue weighted by atomic mass is 10.1. The summed E-state index contributed by atoms with van der Waals surface area (Å²) in [7, 11) is 0. The Morgan fingerprint density at radius 1 is 1.64 bits per heavy atom. The molecule has 2 N–H and O–H groups in total. The Bertz CT molecular complexity index is 391. The summed E-state index contributed by atoms with van der Waals surface area (Å²) in [6.07, 6.45) is 5.25. The second-order valence-corrected chi connectivity index (χ2v) is 2.90. The Balaban J connectivity index is 2.87. The number of amides is 1. The van der Waals surface area contributed by atoms with E-state index in [-0.39, 0.29) is 11.7 Å². The molecule has 1 aromatic rings. The van der Waals surface area contributed by atoms with Gasteiger partial charge in [0.1, 0.15) is 5.75 Å². The Morgan fingerprint density at radius 2 is 2.36 bits per heavy atom. The Morgan fingerprint density at radius 3 is 2.93 bits per heavy atom. The summed E-state index contributed by atoms with van der Waals surface area (Å²) in [5.41, 5.74) is 1.42. The fourth-order valence-electron chi connectivity index (χ4n) is 1.07. The van der Waals surface area contributed by atoms with E-state index in [1.807, 2.05) is 0 Å². The molecule has 0 unspecified atom stereocenters. The first-order chi connectivity index (χ1) is 6.63. The van der Waals surface area contributed by atoms with Crippen LogP contribution in [-0.4, -0.2) is 11.0 Å². The fraction of sp³-hybridized carbons (Fsp3) is 0.182. The van der Waals surface area contributed by atoms with Gasteiger partial charge in [-0.1, -0.05) is 12.0 Å². The molecule has 0 saturated carbocycles. The summed E-state index contributed by atoms with van der Waals surface area (Å²) < 4.78 is 0. The van der Waals surface area contributed by atoms with Crippen molar-refractivity contribution in [2.45, 2.75) is 13.5 Å². The molecule has 0 aliphatic heterocycles. The number of hydrogen-bond acceptors (Lipinski definition) is 2. The number of phenols is 1. The minimum Gasteiger partial charge on any atom is -0.508 e. The number of hydrogen-bond donors (Lipinski definition) is 2. The number of terminal acetylenes is 1. The normalized spacial score (nSPS) is 9.14. The number of aromatic hydroxyl groups is 1. The van der Waals surface area contributed by atoms with Crippen molar-refractivity contribution in [3.05, 3.63) is 29.3 Å². The first-order valence-corrected chi connectivity index (χ1v) is 4.16. The number of carbonyl (C=O) groups is 1. The second kappa shape index (κ2) is 4.33. The van der Waals surface area contributed by atoms with Gasteiger partial charge in [0.15, 0.2) is 0 Å². The monoisotopic (exact) mass is 189 g/mol. The highest BCUT2D eigenvalue weighted by atomic mass is 16.3. The summed E-state index contributed by atoms with van der Waals surface area (Å²) in [5.74, 6) is 2.47. The van der Waals surface area contributed by atoms with Crippen LogP contribution in [0.2, 0.25) is 0 Å². The van der Waals surface area contributed by atoms with E-state index in [2.05, 4.69) is 11.2 Å². The number of phenolic OH excluding ortho intramolecular Hbond substituents is 1. The molecule has 1 aromatic carbocycles. The van der Waals surface area contributed by atoms with Crippen molar-refractivity contribution in [1.29, 1.82) is 0 Å². The summed E-state index contributed by atoms with van der Waals surface area (Å²) in [6, 6.07) is 4.73. The lowest BCUT2D eigenvalue weighted by Crippen LogP contribution is -2.19. The molecule has 0 saturated heterocycles. The van der Waals surface area contributed by atoms with Gasteiger partial charge in [0.25, 0.3) is 0 Å². The molecule has 3 nitrogen and oxygen atoms in total. The molecule has 3 heteroatoms. The molecule has 0 aliphatic carbocycles. The lowest BCUT2D eigenvalue weighted by molar-refractivity contribution is -0.119. The fourth-order valence-corrected chi connectivity index (χ4v) is 1.07. The van der Waals surface area contributed by atoms with Crippen molar-refractivity contribution in [2.75, 3.05) is 0 Å². The van der Waals surface area contributed by atoms with Gasteiger partial charge in [-0.2, -0.15) is 0 Å². The molecule has 0 aromatic heterocycles. The van der Waals surface area contributed by atoms with Crippen LogP contribution in [-0.2, 0) is 11.3 Å². The molecular formula is C11H11NO2. The third-order valence-corrected chi connectivity index (χ3v) is 1.78. The van der Waals surface area contributed by atoms with Crippen LogP contribution in [0.1, 0.15) is 18.1 Å². The molecule has 0 aliphatic rings. The molecule has 1 rings (SSSR count). The summed E-state index contributed by atoms with van der Waals surface area (Å²) >= 11 is 0. The van der Waals surface area contributed by atoms with Gasteiger partial charge in [-0.3, -0.25) is 4.79 Å². The van der Waals surface area contributed by atoms with E-state index >= 15 is 0 Å². The first-order valence-electron chi connectivity index (χ1n) is 4.16. The van der Waals surface area contributed by atoms with E-state index in [9.17, 15) is 4.79 Å². The molecule has 14 heavy (non-hydrogen) atoms. The zero-order valence-electron chi connectivity index (χ0n) is 7.87. The molecule has 0 atom stereocenters. The highest BCUT2D eigenvalue weighted by Gasteiger charge is 2.01. The Kier molecular flexibility index (Phi) is 3.14. The molecule has 0 heterocycles. The minimum atomic E-state index is -0.110. The molecule has 72 valence electrons. The van der Waals surface area contributed by atoms with E-state index in [1.165, 1.54) is 19.1 Å². The van der Waals surface area contributed by atoms with Gasteiger partial charge < -0.3 is 10.4 Å². The number of nitrogens with one attached hydrogen (secondary N) is 1. The van der Waals surface area contributed by atoms with E-state index < -0.39 is 0 Å². The van der Waals surface area contributed by atoms with Gasteiger partial charge in [-0.25, -0.2) is 0 Å². The van der Waals surface area contributed by atoms with Crippen LogP contribution in [0.3, 0.4) is 0 Å². The van der Waals surface area contributed by atoms with Crippen molar-refractivity contribution in [1.82, 2.24) is 5.32 Å². The van der Waals surface area contributed by atoms with E-state index in [0.717, 1.165) is 5.56 Å². The number of rotatable bonds is 2. The Hall–Kier alpha value is -1.95. The summed E-state index contributed by atoms with van der Waals surface area (Å²) in [4.78, 5) is 10.7. The zero-order valence-corrected chi connectivity index (χ0v) is 7.87. The SMILES string of the molecule is C#Cc1cc(O)ccc1CNC(C)=O. The quantitative estimate of drug-likeness (QED) is 0.682. The third kappa shape index (κ3) is 2.53. The highest BCUT2D eigenvalue weighted by molar-refractivity contribution is 5.72. The maximum atomic E-state index is 10.7. The van der Waals surface area contributed by atoms with Crippen molar-refractivity contribution < 1.29 is 9.90 Å². The average molecular weight is 189 g/mol. The maximum absolute atomic E-state index is 10.7. The van der Waals surface area contributed by atoms with Crippen LogP contribution in [0.15, 0.2) is 18.2 Å². The van der Waals surface area contributed by atoms with Crippen LogP contribution in [0, 0.1) is 12.3 Å². The van der Waals surface area contributed by atoms with Crippen molar-refractivity contribution in [3.63, 3.8) is 0 Å². The largest absolute Gasteiger partial charge is 0.508 e. The molecule has 0 fully saturated rings. The van der Waals surface area contributed by atoms with Gasteiger partial charge in [-0.05, 0) is 17.7 Å². The number of carbonyl (C=O) groups excluding carboxylic acids is 1. The maximum Gasteiger partial charge on any atom is 0.217 e. The molecule has 0 radical (unpaired) electrons. The van der Waals surface area contributed by atoms with Crippen LogP contribution in [0.5, 0.6) is 5.75 Å². The van der Waals surface area contributed by atoms with E-state index in [1.54, 1.807) is 6.07 Å². The summed E-state index contributed by atoms with van der Waals surface area (Å²) in [6.45, 7) is 1.82. The van der Waals surface area contributed by atoms with E-state index in [4.69, 9.17) is 11.5 Å². The molecule has 1 amide bonds. The molecular weight excluding hydrogens is 178 g/mol. The topological polar surface area (TPSA) is 49.3 Å². The predicted molar refractivity (Wildman–Crippen MR) is 53.6 cm³/mol. The lowest BCUT2D eigenvalue weighted by Gasteiger charge is -2.05. The van der Waals surface area contributed by atoms with Gasteiger partial charge in [0, 0.05) is 19.0 Å². The second-order valence-electron chi connectivity index (χ2n) is 2.90. The van der Waals surface area contributed by atoms with Crippen LogP contribution in [0.25, 0.3) is 0 Å². The summed E-state index contributed by atoms with van der Waals surface area (Å²) in [5, 5.41) is 11.8. The van der Waals surface area contributed by atoms with Gasteiger partial charge >= 0.3 is 0 Å². The van der Waals surface area contributed by atoms with Crippen molar-refractivity contribution in [2.24, 2.45) is 0 Å². The average Bonchev–Trinajstić information content (AvgIpc) is 2.15. The van der Waals surface area contributed by atoms with Crippen LogP contribution in [0.4, 0.5) is 0 Å². The van der Waals surface area contributed by atoms with Crippen molar-refractivity contribution >= 4 is 5.91 Å². The van der Waals surface area contributed by atoms with Gasteiger partial charge in [0.05, 0.1) is 0 Å². The van der Waals surface area contributed by atoms with E-state index in [0.29, 0.717) is 12.1 Å². The Labute approximate surface area is 82.8 Å². The van der Waals surface area contributed by atoms with Gasteiger partial charge in [-0.15, -0.1) is 6.42 Å².